The second-order valence-corrected chi connectivity index (χ2v) is 3.14. The first-order valence-electron chi connectivity index (χ1n) is 1.68. The summed E-state index contributed by atoms with van der Waals surface area (Å²) in [6, 6.07) is 0. The SMILES string of the molecule is O=S1(=O)CCN1. The molecule has 0 saturated carbocycles. The van der Waals surface area contributed by atoms with E-state index < -0.39 is 10.0 Å². The van der Waals surface area contributed by atoms with Crippen molar-refractivity contribution in [2.24, 2.45) is 0 Å². The van der Waals surface area contributed by atoms with Crippen LogP contribution in [0, 0.1) is 0 Å². The molecule has 4 heteroatoms. The molecule has 1 saturated heterocycles. The first-order chi connectivity index (χ1) is 2.71. The molecular weight excluding hydrogens is 102 g/mol. The fourth-order valence-electron chi connectivity index (χ4n) is 0.269. The van der Waals surface area contributed by atoms with Gasteiger partial charge in [-0.15, -0.1) is 0 Å². The van der Waals surface area contributed by atoms with Crippen LogP contribution in [-0.2, 0) is 10.0 Å². The molecule has 36 valence electrons. The van der Waals surface area contributed by atoms with Crippen LogP contribution in [0.25, 0.3) is 0 Å². The zero-order valence-corrected chi connectivity index (χ0v) is 3.96. The third-order valence-corrected chi connectivity index (χ3v) is 2.08. The molecule has 1 N–H and O–H groups in total. The van der Waals surface area contributed by atoms with E-state index in [1.54, 1.807) is 0 Å². The molecule has 0 amide bonds. The first kappa shape index (κ1) is 4.08. The van der Waals surface area contributed by atoms with E-state index in [1.165, 1.54) is 0 Å². The third-order valence-electron chi connectivity index (χ3n) is 0.693. The molecule has 1 aliphatic rings. The first-order valence-corrected chi connectivity index (χ1v) is 3.33. The fourth-order valence-corrected chi connectivity index (χ4v) is 0.806. The normalized spacial score (nSPS) is 28.7. The molecule has 3 nitrogen and oxygen atoms in total. The molecule has 0 aliphatic carbocycles. The molecule has 0 bridgehead atoms. The molecule has 0 spiro atoms. The van der Waals surface area contributed by atoms with Crippen LogP contribution in [0.2, 0.25) is 0 Å². The summed E-state index contributed by atoms with van der Waals surface area (Å²) in [5, 5.41) is 0. The van der Waals surface area contributed by atoms with E-state index in [-0.39, 0.29) is 0 Å². The van der Waals surface area contributed by atoms with Gasteiger partial charge in [-0.2, -0.15) is 0 Å². The Kier molecular flexibility index (Phi) is 0.643. The van der Waals surface area contributed by atoms with Crippen molar-refractivity contribution >= 4 is 10.0 Å². The van der Waals surface area contributed by atoms with Gasteiger partial charge in [-0.1, -0.05) is 0 Å². The van der Waals surface area contributed by atoms with Gasteiger partial charge >= 0.3 is 0 Å². The third kappa shape index (κ3) is 0.529. The van der Waals surface area contributed by atoms with Crippen LogP contribution in [0.15, 0.2) is 0 Å². The number of rotatable bonds is 0. The Morgan fingerprint density at radius 3 is 1.83 bits per heavy atom. The Morgan fingerprint density at radius 1 is 1.50 bits per heavy atom. The van der Waals surface area contributed by atoms with Crippen LogP contribution in [0.1, 0.15) is 0 Å². The van der Waals surface area contributed by atoms with Crippen molar-refractivity contribution in [3.63, 3.8) is 0 Å². The molecule has 0 aromatic carbocycles. The predicted octanol–water partition coefficient (Wildman–Crippen LogP) is -1.08. The molecule has 0 atom stereocenters. The highest BCUT2D eigenvalue weighted by molar-refractivity contribution is 7.90. The minimum absolute atomic E-state index is 0.312. The second kappa shape index (κ2) is 0.946. The molecule has 6 heavy (non-hydrogen) atoms. The van der Waals surface area contributed by atoms with Crippen molar-refractivity contribution in [2.45, 2.75) is 0 Å². The summed E-state index contributed by atoms with van der Waals surface area (Å²) < 4.78 is 22.2. The summed E-state index contributed by atoms with van der Waals surface area (Å²) in [7, 11) is -2.73. The molecule has 0 unspecified atom stereocenters. The van der Waals surface area contributed by atoms with Crippen molar-refractivity contribution in [3.05, 3.63) is 0 Å². The summed E-state index contributed by atoms with van der Waals surface area (Å²) in [6.45, 7) is 0.627. The smallest absolute Gasteiger partial charge is 0.212 e. The molecule has 1 fully saturated rings. The summed E-state index contributed by atoms with van der Waals surface area (Å²) in [5.74, 6) is 0.312. The molecule has 1 rings (SSSR count). The van der Waals surface area contributed by atoms with Crippen LogP contribution in [-0.4, -0.2) is 20.7 Å². The van der Waals surface area contributed by atoms with Crippen LogP contribution in [0.5, 0.6) is 0 Å². The molecule has 0 radical (unpaired) electrons. The monoisotopic (exact) mass is 107 g/mol. The molecule has 0 aromatic rings. The Balaban J connectivity index is 2.78. The van der Waals surface area contributed by atoms with Crippen molar-refractivity contribution in [1.29, 1.82) is 0 Å². The molecule has 1 aliphatic heterocycles. The number of sulfonamides is 1. The summed E-state index contributed by atoms with van der Waals surface area (Å²) >= 11 is 0. The van der Waals surface area contributed by atoms with E-state index in [0.717, 1.165) is 0 Å². The average molecular weight is 107 g/mol. The lowest BCUT2D eigenvalue weighted by atomic mass is 10.8. The van der Waals surface area contributed by atoms with Crippen LogP contribution < -0.4 is 4.72 Å². The van der Waals surface area contributed by atoms with Gasteiger partial charge in [0.2, 0.25) is 10.0 Å². The lowest BCUT2D eigenvalue weighted by Crippen LogP contribution is -2.42. The van der Waals surface area contributed by atoms with Gasteiger partial charge in [0.1, 0.15) is 0 Å². The summed E-state index contributed by atoms with van der Waals surface area (Å²) in [4.78, 5) is 0. The van der Waals surface area contributed by atoms with Gasteiger partial charge in [0.05, 0.1) is 5.75 Å². The zero-order valence-electron chi connectivity index (χ0n) is 3.14. The van der Waals surface area contributed by atoms with Crippen molar-refractivity contribution in [3.8, 4) is 0 Å². The van der Waals surface area contributed by atoms with Crippen LogP contribution >= 0.6 is 0 Å². The van der Waals surface area contributed by atoms with E-state index >= 15 is 0 Å². The zero-order chi connectivity index (χ0) is 4.62. The molecule has 0 aromatic heterocycles. The van der Waals surface area contributed by atoms with Gasteiger partial charge in [-0.05, 0) is 0 Å². The topological polar surface area (TPSA) is 46.2 Å². The van der Waals surface area contributed by atoms with Crippen LogP contribution in [0.3, 0.4) is 0 Å². The maximum absolute atomic E-state index is 9.98. The van der Waals surface area contributed by atoms with E-state index in [9.17, 15) is 8.42 Å². The highest BCUT2D eigenvalue weighted by Crippen LogP contribution is 1.90. The van der Waals surface area contributed by atoms with Gasteiger partial charge < -0.3 is 0 Å². The Hall–Kier alpha value is -0.0900. The molecule has 1 heterocycles. The van der Waals surface area contributed by atoms with E-state index in [4.69, 9.17) is 0 Å². The van der Waals surface area contributed by atoms with Gasteiger partial charge in [0.25, 0.3) is 0 Å². The van der Waals surface area contributed by atoms with Crippen LogP contribution in [0.4, 0.5) is 0 Å². The summed E-state index contributed by atoms with van der Waals surface area (Å²) in [6.07, 6.45) is 0. The predicted molar refractivity (Wildman–Crippen MR) is 21.8 cm³/mol. The van der Waals surface area contributed by atoms with E-state index in [0.29, 0.717) is 12.3 Å². The van der Waals surface area contributed by atoms with Gasteiger partial charge in [0.15, 0.2) is 0 Å². The number of hydrogen-bond donors (Lipinski definition) is 1. The Bertz CT molecular complexity index is 126. The van der Waals surface area contributed by atoms with Crippen molar-refractivity contribution < 1.29 is 8.42 Å². The average Bonchev–Trinajstić information content (AvgIpc) is 1.32. The fraction of sp³-hybridized carbons (Fsp3) is 1.00. The minimum Gasteiger partial charge on any atom is -0.214 e. The van der Waals surface area contributed by atoms with Crippen molar-refractivity contribution in [2.75, 3.05) is 12.3 Å². The lowest BCUT2D eigenvalue weighted by Gasteiger charge is -2.12. The van der Waals surface area contributed by atoms with Crippen molar-refractivity contribution in [1.82, 2.24) is 4.72 Å². The second-order valence-electron chi connectivity index (χ2n) is 1.21. The maximum atomic E-state index is 9.98. The quantitative estimate of drug-likeness (QED) is 0.428. The summed E-state index contributed by atoms with van der Waals surface area (Å²) in [5.41, 5.74) is 0. The number of nitrogens with one attached hydrogen (secondary N) is 1. The maximum Gasteiger partial charge on any atom is 0.212 e. The molecular formula is C2H5NO2S. The van der Waals surface area contributed by atoms with Gasteiger partial charge in [0, 0.05) is 6.54 Å². The largest absolute Gasteiger partial charge is 0.214 e. The lowest BCUT2D eigenvalue weighted by molar-refractivity contribution is 0.565. The van der Waals surface area contributed by atoms with E-state index in [2.05, 4.69) is 4.72 Å². The Morgan fingerprint density at radius 2 is 1.83 bits per heavy atom. The van der Waals surface area contributed by atoms with Gasteiger partial charge in [-0.3, -0.25) is 0 Å². The van der Waals surface area contributed by atoms with E-state index in [1.807, 2.05) is 0 Å². The highest BCUT2D eigenvalue weighted by atomic mass is 32.2. The minimum atomic E-state index is -2.73. The standard InChI is InChI=1S/C2H5NO2S/c4-6(5)2-1-3-6/h3H,1-2H2. The number of hydrogen-bond acceptors (Lipinski definition) is 2. The highest BCUT2D eigenvalue weighted by Gasteiger charge is 2.17. The Labute approximate surface area is 36.4 Å². The van der Waals surface area contributed by atoms with Gasteiger partial charge in [-0.25, -0.2) is 13.1 Å².